The van der Waals surface area contributed by atoms with Crippen LogP contribution in [0.25, 0.3) is 21.9 Å². The Bertz CT molecular complexity index is 1340. The van der Waals surface area contributed by atoms with Crippen molar-refractivity contribution in [3.63, 3.8) is 0 Å². The summed E-state index contributed by atoms with van der Waals surface area (Å²) in [4.78, 5) is 25.0. The van der Waals surface area contributed by atoms with Gasteiger partial charge in [0.1, 0.15) is 5.82 Å². The van der Waals surface area contributed by atoms with Crippen LogP contribution in [0, 0.1) is 0 Å². The molecule has 2 aromatic heterocycles. The number of fused-ring (bicyclic) bond motifs is 2. The summed E-state index contributed by atoms with van der Waals surface area (Å²) >= 11 is 0. The number of hydrogen-bond acceptors (Lipinski definition) is 2. The van der Waals surface area contributed by atoms with Crippen molar-refractivity contribution in [2.45, 2.75) is 70.6 Å². The molecule has 3 N–H and O–H groups in total. The first-order valence-corrected chi connectivity index (χ1v) is 11.4. The topological polar surface area (TPSA) is 73.6 Å². The number of imidazole rings is 1. The number of carbonyl (C=O) groups excluding carboxylic acids is 1. The maximum Gasteiger partial charge on any atom is 0.235 e. The van der Waals surface area contributed by atoms with Gasteiger partial charge >= 0.3 is 0 Å². The summed E-state index contributed by atoms with van der Waals surface area (Å²) in [5.74, 6) is 1.03. The van der Waals surface area contributed by atoms with E-state index >= 15 is 0 Å². The molecule has 2 aromatic carbocycles. The molecule has 5 rings (SSSR count). The zero-order valence-corrected chi connectivity index (χ0v) is 19.8. The van der Waals surface area contributed by atoms with Crippen molar-refractivity contribution in [1.82, 2.24) is 15.0 Å². The highest BCUT2D eigenvalue weighted by molar-refractivity contribution is 6.03. The van der Waals surface area contributed by atoms with Gasteiger partial charge in [0, 0.05) is 33.1 Å². The monoisotopic (exact) mass is 428 g/mol. The number of carbonyl (C=O) groups is 1. The van der Waals surface area contributed by atoms with E-state index in [4.69, 9.17) is 4.98 Å². The highest BCUT2D eigenvalue weighted by Gasteiger charge is 2.51. The lowest BCUT2D eigenvalue weighted by atomic mass is 9.92. The fourth-order valence-electron chi connectivity index (χ4n) is 4.30. The van der Waals surface area contributed by atoms with Gasteiger partial charge in [-0.2, -0.15) is 0 Å². The van der Waals surface area contributed by atoms with Crippen molar-refractivity contribution >= 4 is 33.5 Å². The van der Waals surface area contributed by atoms with Crippen molar-refractivity contribution in [2.24, 2.45) is 0 Å². The first kappa shape index (κ1) is 20.8. The summed E-state index contributed by atoms with van der Waals surface area (Å²) in [6.45, 7) is 13.0. The summed E-state index contributed by atoms with van der Waals surface area (Å²) in [5.41, 5.74) is 5.68. The highest BCUT2D eigenvalue weighted by Crippen LogP contribution is 2.49. The largest absolute Gasteiger partial charge is 0.358 e. The van der Waals surface area contributed by atoms with Crippen LogP contribution < -0.4 is 5.32 Å². The van der Waals surface area contributed by atoms with Crippen LogP contribution in [0.2, 0.25) is 0 Å². The van der Waals surface area contributed by atoms with Gasteiger partial charge in [-0.25, -0.2) is 4.98 Å². The van der Waals surface area contributed by atoms with Gasteiger partial charge < -0.3 is 15.3 Å². The number of rotatable bonds is 3. The van der Waals surface area contributed by atoms with Gasteiger partial charge in [-0.15, -0.1) is 0 Å². The van der Waals surface area contributed by atoms with Crippen LogP contribution >= 0.6 is 0 Å². The van der Waals surface area contributed by atoms with Crippen LogP contribution in [0.3, 0.4) is 0 Å². The second kappa shape index (κ2) is 6.71. The lowest BCUT2D eigenvalue weighted by Crippen LogP contribution is -2.27. The minimum absolute atomic E-state index is 0.0441. The van der Waals surface area contributed by atoms with Crippen molar-refractivity contribution in [3.05, 3.63) is 59.5 Å². The summed E-state index contributed by atoms with van der Waals surface area (Å²) < 4.78 is 0. The fraction of sp³-hybridized carbons (Fsp3) is 0.407. The van der Waals surface area contributed by atoms with Crippen molar-refractivity contribution in [3.8, 4) is 0 Å². The molecule has 2 heterocycles. The molecule has 0 saturated heterocycles. The summed E-state index contributed by atoms with van der Waals surface area (Å²) in [7, 11) is 0. The van der Waals surface area contributed by atoms with E-state index < -0.39 is 5.41 Å². The number of H-pyrrole nitrogens is 2. The van der Waals surface area contributed by atoms with Crippen LogP contribution in [0.1, 0.15) is 71.5 Å². The predicted octanol–water partition coefficient (Wildman–Crippen LogP) is 6.31. The number of amides is 1. The van der Waals surface area contributed by atoms with Crippen molar-refractivity contribution in [2.75, 3.05) is 5.32 Å². The number of hydrogen-bond donors (Lipinski definition) is 3. The second-order valence-electron chi connectivity index (χ2n) is 11.3. The van der Waals surface area contributed by atoms with Gasteiger partial charge in [0.25, 0.3) is 0 Å². The van der Waals surface area contributed by atoms with E-state index in [0.29, 0.717) is 0 Å². The van der Waals surface area contributed by atoms with E-state index in [1.165, 1.54) is 5.69 Å². The third-order valence-corrected chi connectivity index (χ3v) is 6.62. The first-order chi connectivity index (χ1) is 15.0. The number of aromatic nitrogens is 3. The number of anilines is 1. The highest BCUT2D eigenvalue weighted by atomic mass is 16.2. The number of benzene rings is 2. The van der Waals surface area contributed by atoms with Crippen LogP contribution in [0.4, 0.5) is 5.69 Å². The van der Waals surface area contributed by atoms with E-state index in [-0.39, 0.29) is 16.7 Å². The van der Waals surface area contributed by atoms with Gasteiger partial charge in [-0.1, -0.05) is 47.6 Å². The molecule has 166 valence electrons. The quantitative estimate of drug-likeness (QED) is 0.358. The molecular formula is C27H32N4O. The Hall–Kier alpha value is -3.08. The normalized spacial score (nSPS) is 15.9. The Morgan fingerprint density at radius 3 is 2.31 bits per heavy atom. The molecule has 0 bridgehead atoms. The Kier molecular flexibility index (Phi) is 4.36. The first-order valence-electron chi connectivity index (χ1n) is 11.4. The van der Waals surface area contributed by atoms with Gasteiger partial charge in [-0.05, 0) is 54.8 Å². The minimum atomic E-state index is -0.454. The van der Waals surface area contributed by atoms with Gasteiger partial charge in [0.15, 0.2) is 0 Å². The standard InChI is InChI=1S/C27H32N4O/c1-25(2,3)22-14-16-13-18(8-10-19(16)29-22)28-24(32)27(11-12-27)17-7-9-20-21(15-17)31-23(30-20)26(4,5)6/h7-10,13-15,29H,11-12H2,1-6H3,(H,28,32)(H,30,31). The third kappa shape index (κ3) is 3.50. The Labute approximate surface area is 189 Å². The average Bonchev–Trinajstić information content (AvgIpc) is 3.20. The molecule has 1 saturated carbocycles. The molecule has 1 amide bonds. The molecule has 0 radical (unpaired) electrons. The van der Waals surface area contributed by atoms with Crippen LogP contribution in [0.15, 0.2) is 42.5 Å². The average molecular weight is 429 g/mol. The van der Waals surface area contributed by atoms with Crippen LogP contribution in [-0.2, 0) is 21.0 Å². The third-order valence-electron chi connectivity index (χ3n) is 6.62. The molecule has 0 spiro atoms. The zero-order chi connectivity index (χ0) is 22.9. The molecule has 1 fully saturated rings. The predicted molar refractivity (Wildman–Crippen MR) is 131 cm³/mol. The van der Waals surface area contributed by atoms with E-state index in [0.717, 1.165) is 51.9 Å². The summed E-state index contributed by atoms with van der Waals surface area (Å²) in [6, 6.07) is 14.5. The maximum atomic E-state index is 13.4. The van der Waals surface area contributed by atoms with E-state index in [2.05, 4.69) is 81.1 Å². The van der Waals surface area contributed by atoms with E-state index in [9.17, 15) is 4.79 Å². The number of nitrogens with zero attached hydrogens (tertiary/aromatic N) is 1. The second-order valence-corrected chi connectivity index (χ2v) is 11.3. The lowest BCUT2D eigenvalue weighted by Gasteiger charge is -2.16. The van der Waals surface area contributed by atoms with Gasteiger partial charge in [0.05, 0.1) is 16.4 Å². The maximum absolute atomic E-state index is 13.4. The molecule has 1 aliphatic carbocycles. The molecule has 32 heavy (non-hydrogen) atoms. The summed E-state index contributed by atoms with van der Waals surface area (Å²) in [6.07, 6.45) is 1.73. The van der Waals surface area contributed by atoms with Crippen molar-refractivity contribution in [1.29, 1.82) is 0 Å². The van der Waals surface area contributed by atoms with E-state index in [1.807, 2.05) is 18.2 Å². The smallest absolute Gasteiger partial charge is 0.235 e. The molecule has 0 unspecified atom stereocenters. The molecule has 1 aliphatic rings. The molecule has 0 aliphatic heterocycles. The van der Waals surface area contributed by atoms with Gasteiger partial charge in [-0.3, -0.25) is 4.79 Å². The van der Waals surface area contributed by atoms with E-state index in [1.54, 1.807) is 0 Å². The SMILES string of the molecule is CC(C)(C)c1cc2cc(NC(=O)C3(c4ccc5nc(C(C)(C)C)[nH]c5c4)CC3)ccc2[nH]1. The van der Waals surface area contributed by atoms with Crippen LogP contribution in [0.5, 0.6) is 0 Å². The zero-order valence-electron chi connectivity index (χ0n) is 19.8. The van der Waals surface area contributed by atoms with Crippen LogP contribution in [-0.4, -0.2) is 20.9 Å². The Balaban J connectivity index is 1.42. The minimum Gasteiger partial charge on any atom is -0.358 e. The molecule has 5 nitrogen and oxygen atoms in total. The lowest BCUT2D eigenvalue weighted by molar-refractivity contribution is -0.118. The number of nitrogens with one attached hydrogen (secondary N) is 3. The van der Waals surface area contributed by atoms with Gasteiger partial charge in [0.2, 0.25) is 5.91 Å². The Morgan fingerprint density at radius 2 is 1.66 bits per heavy atom. The van der Waals surface area contributed by atoms with Crippen molar-refractivity contribution < 1.29 is 4.79 Å². The molecule has 4 aromatic rings. The summed E-state index contributed by atoms with van der Waals surface area (Å²) in [5, 5.41) is 4.30. The molecular weight excluding hydrogens is 396 g/mol. The number of aromatic amines is 2. The Morgan fingerprint density at radius 1 is 0.906 bits per heavy atom. The molecule has 0 atom stereocenters. The molecule has 5 heteroatoms. The fourth-order valence-corrected chi connectivity index (χ4v) is 4.30.